The van der Waals surface area contributed by atoms with Gasteiger partial charge in [0, 0.05) is 26.8 Å². The van der Waals surface area contributed by atoms with Gasteiger partial charge in [-0.3, -0.25) is 19.8 Å². The van der Waals surface area contributed by atoms with E-state index in [0.717, 1.165) is 9.91 Å². The predicted molar refractivity (Wildman–Crippen MR) is 133 cm³/mol. The van der Waals surface area contributed by atoms with Crippen LogP contribution < -0.4 is 0 Å². The van der Waals surface area contributed by atoms with Gasteiger partial charge in [-0.05, 0) is 70.6 Å². The van der Waals surface area contributed by atoms with E-state index in [2.05, 4.69) is 15.3 Å². The number of carbonyl (C=O) groups is 2. The summed E-state index contributed by atoms with van der Waals surface area (Å²) in [6.45, 7) is -0.619. The van der Waals surface area contributed by atoms with Crippen molar-refractivity contribution in [1.82, 2.24) is 9.91 Å². The molecule has 0 N–H and O–H groups in total. The second kappa shape index (κ2) is 9.30. The zero-order valence-corrected chi connectivity index (χ0v) is 21.1. The van der Waals surface area contributed by atoms with Crippen LogP contribution >= 0.6 is 22.6 Å². The van der Waals surface area contributed by atoms with Gasteiger partial charge in [0.05, 0.1) is 17.7 Å². The maximum Gasteiger partial charge on any atom is 0.442 e. The number of rotatable bonds is 7. The van der Waals surface area contributed by atoms with E-state index in [0.29, 0.717) is 20.5 Å². The van der Waals surface area contributed by atoms with Crippen LogP contribution in [0.4, 0.5) is 23.7 Å². The third-order valence-electron chi connectivity index (χ3n) is 5.75. The molecule has 0 bridgehead atoms. The molecule has 2 aliphatic heterocycles. The van der Waals surface area contributed by atoms with Gasteiger partial charge >= 0.3 is 17.9 Å². The molecule has 1 saturated heterocycles. The summed E-state index contributed by atoms with van der Waals surface area (Å²) < 4.78 is 46.4. The Morgan fingerprint density at radius 3 is 2.47 bits per heavy atom. The number of hydrogen-bond acceptors (Lipinski definition) is 8. The summed E-state index contributed by atoms with van der Waals surface area (Å²) in [5, 5.41) is 22.1. The van der Waals surface area contributed by atoms with Gasteiger partial charge in [-0.15, -0.1) is 10.2 Å². The average molecular weight is 638 g/mol. The number of alkyl halides is 3. The van der Waals surface area contributed by atoms with Crippen molar-refractivity contribution in [3.05, 3.63) is 85.2 Å². The molecule has 0 saturated carbocycles. The number of hydrogen-bond donors (Lipinski definition) is 0. The minimum absolute atomic E-state index is 0.0669. The summed E-state index contributed by atoms with van der Waals surface area (Å²) in [7, 11) is 0. The van der Waals surface area contributed by atoms with Crippen molar-refractivity contribution in [3.63, 3.8) is 0 Å². The number of nitro benzene ring substituents is 1. The molecule has 194 valence electrons. The monoisotopic (exact) mass is 638 g/mol. The van der Waals surface area contributed by atoms with Crippen molar-refractivity contribution in [1.29, 1.82) is 0 Å². The number of urea groups is 1. The number of amides is 3. The van der Waals surface area contributed by atoms with E-state index in [1.807, 2.05) is 22.6 Å². The molecule has 3 heterocycles. The lowest BCUT2D eigenvalue weighted by Crippen LogP contribution is -2.32. The minimum atomic E-state index is -4.70. The first kappa shape index (κ1) is 25.5. The summed E-state index contributed by atoms with van der Waals surface area (Å²) in [6.07, 6.45) is -3.47. The number of nitrogens with zero attached hydrogens (tertiary/aromatic N) is 6. The molecule has 1 fully saturated rings. The SMILES string of the molecule is O=C1CN(/N=C/c2ccc(-c3ccc([N+](=O)[O-])cc3)o2)C(=O)N1Cc1cc(I)cc(C2(C(F)(F)F)N=N2)c1. The van der Waals surface area contributed by atoms with Crippen molar-refractivity contribution >= 4 is 46.4 Å². The van der Waals surface area contributed by atoms with Gasteiger partial charge in [-0.1, -0.05) is 0 Å². The van der Waals surface area contributed by atoms with Gasteiger partial charge in [-0.25, -0.2) is 9.80 Å². The fraction of sp³-hybridized carbons (Fsp3) is 0.174. The Bertz CT molecular complexity index is 1510. The van der Waals surface area contributed by atoms with E-state index in [9.17, 15) is 32.9 Å². The van der Waals surface area contributed by atoms with Crippen molar-refractivity contribution in [2.24, 2.45) is 15.3 Å². The number of hydrazone groups is 1. The molecule has 11 nitrogen and oxygen atoms in total. The maximum atomic E-state index is 13.4. The van der Waals surface area contributed by atoms with Gasteiger partial charge in [0.2, 0.25) is 0 Å². The maximum absolute atomic E-state index is 13.4. The second-order valence-electron chi connectivity index (χ2n) is 8.29. The number of halogens is 4. The highest BCUT2D eigenvalue weighted by molar-refractivity contribution is 14.1. The molecule has 0 atom stereocenters. The van der Waals surface area contributed by atoms with Crippen LogP contribution in [0.3, 0.4) is 0 Å². The first-order valence-electron chi connectivity index (χ1n) is 10.8. The van der Waals surface area contributed by atoms with Gasteiger partial charge in [0.25, 0.3) is 11.6 Å². The lowest BCUT2D eigenvalue weighted by Gasteiger charge is -2.18. The smallest absolute Gasteiger partial charge is 0.442 e. The summed E-state index contributed by atoms with van der Waals surface area (Å²) >= 11 is 1.85. The Hall–Kier alpha value is -4.15. The standard InChI is InChI=1S/C23H14F3IN6O5/c24-23(25,26)22(29-30-22)15-7-13(8-16(27)9-15)11-31-20(34)12-32(21(31)35)28-10-18-5-6-19(38-18)14-1-3-17(4-2-14)33(36)37/h1-10H,11-12H2/b28-10+. The largest absolute Gasteiger partial charge is 0.455 e. The van der Waals surface area contributed by atoms with E-state index in [4.69, 9.17) is 4.42 Å². The van der Waals surface area contributed by atoms with E-state index in [1.165, 1.54) is 42.6 Å². The van der Waals surface area contributed by atoms with E-state index in [1.54, 1.807) is 18.2 Å². The van der Waals surface area contributed by atoms with Crippen LogP contribution in [0.25, 0.3) is 11.3 Å². The van der Waals surface area contributed by atoms with E-state index >= 15 is 0 Å². The highest BCUT2D eigenvalue weighted by atomic mass is 127. The van der Waals surface area contributed by atoms with Crippen molar-refractivity contribution in [2.45, 2.75) is 18.4 Å². The number of benzene rings is 2. The van der Waals surface area contributed by atoms with Gasteiger partial charge in [0.15, 0.2) is 0 Å². The first-order valence-corrected chi connectivity index (χ1v) is 11.9. The van der Waals surface area contributed by atoms with Gasteiger partial charge < -0.3 is 4.42 Å². The Labute approximate surface area is 224 Å². The third kappa shape index (κ3) is 4.75. The number of furan rings is 1. The molecule has 3 aromatic rings. The third-order valence-corrected chi connectivity index (χ3v) is 6.37. The molecular formula is C23H14F3IN6O5. The fourth-order valence-corrected chi connectivity index (χ4v) is 4.53. The molecule has 1 aromatic heterocycles. The highest BCUT2D eigenvalue weighted by Crippen LogP contribution is 2.52. The molecule has 0 spiro atoms. The zero-order chi connectivity index (χ0) is 27.2. The van der Waals surface area contributed by atoms with Crippen LogP contribution in [0.5, 0.6) is 0 Å². The van der Waals surface area contributed by atoms with Crippen LogP contribution in [0, 0.1) is 13.7 Å². The average Bonchev–Trinajstić information content (AvgIpc) is 3.50. The van der Waals surface area contributed by atoms with Crippen molar-refractivity contribution in [3.8, 4) is 11.3 Å². The van der Waals surface area contributed by atoms with E-state index in [-0.39, 0.29) is 30.1 Å². The Kier molecular flexibility index (Phi) is 6.24. The number of imide groups is 1. The lowest BCUT2D eigenvalue weighted by atomic mass is 10.0. The molecule has 5 rings (SSSR count). The summed E-state index contributed by atoms with van der Waals surface area (Å²) in [6, 6.07) is 12.2. The first-order chi connectivity index (χ1) is 18.0. The quantitative estimate of drug-likeness (QED) is 0.112. The molecule has 3 amide bonds. The van der Waals surface area contributed by atoms with Crippen LogP contribution in [-0.2, 0) is 17.0 Å². The summed E-state index contributed by atoms with van der Waals surface area (Å²) in [5.41, 5.74) is -1.98. The van der Waals surface area contributed by atoms with Gasteiger partial charge in [0.1, 0.15) is 18.1 Å². The zero-order valence-electron chi connectivity index (χ0n) is 18.9. The minimum Gasteiger partial charge on any atom is -0.455 e. The molecule has 2 aliphatic rings. The van der Waals surface area contributed by atoms with Crippen LogP contribution in [0.2, 0.25) is 0 Å². The molecule has 2 aromatic carbocycles. The molecule has 0 aliphatic carbocycles. The van der Waals surface area contributed by atoms with Crippen LogP contribution in [-0.4, -0.2) is 45.7 Å². The molecule has 0 radical (unpaired) electrons. The second-order valence-corrected chi connectivity index (χ2v) is 9.53. The summed E-state index contributed by atoms with van der Waals surface area (Å²) in [4.78, 5) is 36.5. The number of non-ortho nitro benzene ring substituents is 1. The molecule has 38 heavy (non-hydrogen) atoms. The van der Waals surface area contributed by atoms with Crippen molar-refractivity contribution < 1.29 is 32.1 Å². The topological polar surface area (TPSA) is 134 Å². The molecule has 15 heteroatoms. The Morgan fingerprint density at radius 2 is 1.84 bits per heavy atom. The summed E-state index contributed by atoms with van der Waals surface area (Å²) in [5.74, 6) is 0.0886. The fourth-order valence-electron chi connectivity index (χ4n) is 3.79. The van der Waals surface area contributed by atoms with Crippen LogP contribution in [0.1, 0.15) is 16.9 Å². The molecular weight excluding hydrogens is 624 g/mol. The highest BCUT2D eigenvalue weighted by Gasteiger charge is 2.65. The predicted octanol–water partition coefficient (Wildman–Crippen LogP) is 5.44. The number of carbonyl (C=O) groups excluding carboxylic acids is 2. The van der Waals surface area contributed by atoms with Gasteiger partial charge in [-0.2, -0.15) is 18.3 Å². The molecule has 0 unspecified atom stereocenters. The van der Waals surface area contributed by atoms with Crippen LogP contribution in [0.15, 0.2) is 74.3 Å². The van der Waals surface area contributed by atoms with Crippen molar-refractivity contribution in [2.75, 3.05) is 6.54 Å². The van der Waals surface area contributed by atoms with E-state index < -0.39 is 28.7 Å². The Morgan fingerprint density at radius 1 is 1.13 bits per heavy atom. The Balaban J connectivity index is 1.28. The lowest BCUT2D eigenvalue weighted by molar-refractivity contribution is -0.384. The normalized spacial score (nSPS) is 16.6. The number of nitro groups is 1.